The van der Waals surface area contributed by atoms with Gasteiger partial charge in [-0.3, -0.25) is 0 Å². The van der Waals surface area contributed by atoms with E-state index in [4.69, 9.17) is 0 Å². The van der Waals surface area contributed by atoms with Gasteiger partial charge >= 0.3 is 6.09 Å². The standard InChI is InChI=1S/C6H12NO4S/c1-12(9,10)5-3-2-4-11-6(7)8/h2H,3-5H2,1H3,(H2,7,8). The molecule has 12 heavy (non-hydrogen) atoms. The number of unbranched alkanes of at least 4 members (excludes halogenated alkanes) is 1. The maximum absolute atomic E-state index is 10.6. The van der Waals surface area contributed by atoms with Crippen molar-refractivity contribution in [2.24, 2.45) is 5.73 Å². The van der Waals surface area contributed by atoms with Crippen molar-refractivity contribution in [3.8, 4) is 0 Å². The van der Waals surface area contributed by atoms with E-state index in [1.807, 2.05) is 0 Å². The molecule has 1 radical (unpaired) electrons. The molecular weight excluding hydrogens is 182 g/mol. The van der Waals surface area contributed by atoms with Crippen LogP contribution in [-0.2, 0) is 14.6 Å². The Morgan fingerprint density at radius 2 is 2.17 bits per heavy atom. The molecule has 71 valence electrons. The van der Waals surface area contributed by atoms with Crippen LogP contribution in [0, 0.1) is 6.42 Å². The van der Waals surface area contributed by atoms with E-state index in [-0.39, 0.29) is 12.4 Å². The molecule has 0 heterocycles. The van der Waals surface area contributed by atoms with Gasteiger partial charge < -0.3 is 10.5 Å². The molecule has 0 aliphatic rings. The van der Waals surface area contributed by atoms with E-state index < -0.39 is 15.9 Å². The molecule has 0 aromatic heterocycles. The first kappa shape index (κ1) is 11.2. The van der Waals surface area contributed by atoms with Crippen LogP contribution in [0.1, 0.15) is 6.42 Å². The highest BCUT2D eigenvalue weighted by Gasteiger charge is 2.01. The molecule has 0 fully saturated rings. The zero-order chi connectivity index (χ0) is 9.61. The van der Waals surface area contributed by atoms with Crippen LogP contribution in [0.4, 0.5) is 4.79 Å². The number of nitrogens with two attached hydrogens (primary N) is 1. The molecule has 0 bridgehead atoms. The molecule has 0 spiro atoms. The Kier molecular flexibility index (Phi) is 4.65. The van der Waals surface area contributed by atoms with E-state index in [0.717, 1.165) is 6.26 Å². The van der Waals surface area contributed by atoms with E-state index in [1.165, 1.54) is 0 Å². The van der Waals surface area contributed by atoms with Gasteiger partial charge in [0.2, 0.25) is 0 Å². The molecule has 0 unspecified atom stereocenters. The normalized spacial score (nSPS) is 11.1. The molecule has 2 N–H and O–H groups in total. The number of hydrogen-bond donors (Lipinski definition) is 1. The summed E-state index contributed by atoms with van der Waals surface area (Å²) < 4.78 is 25.5. The molecule has 0 atom stereocenters. The number of amides is 1. The Balaban J connectivity index is 3.29. The molecular formula is C6H12NO4S. The Morgan fingerprint density at radius 3 is 2.58 bits per heavy atom. The second kappa shape index (κ2) is 4.97. The third-order valence-corrected chi connectivity index (χ3v) is 2.01. The number of carbonyl (C=O) groups is 1. The Bertz CT molecular complexity index is 234. The van der Waals surface area contributed by atoms with Crippen molar-refractivity contribution in [2.75, 3.05) is 18.6 Å². The van der Waals surface area contributed by atoms with E-state index in [9.17, 15) is 13.2 Å². The molecule has 6 heteroatoms. The summed E-state index contributed by atoms with van der Waals surface area (Å²) in [5.41, 5.74) is 4.66. The molecule has 0 saturated carbocycles. The highest BCUT2D eigenvalue weighted by atomic mass is 32.2. The van der Waals surface area contributed by atoms with Crippen LogP contribution in [0.25, 0.3) is 0 Å². The highest BCUT2D eigenvalue weighted by Crippen LogP contribution is 1.93. The quantitative estimate of drug-likeness (QED) is 0.610. The van der Waals surface area contributed by atoms with Crippen LogP contribution in [-0.4, -0.2) is 33.1 Å². The second-order valence-electron chi connectivity index (χ2n) is 2.34. The average Bonchev–Trinajstić information content (AvgIpc) is 1.83. The third-order valence-electron chi connectivity index (χ3n) is 1.04. The maximum Gasteiger partial charge on any atom is 0.404 e. The van der Waals surface area contributed by atoms with Crippen LogP contribution in [0.5, 0.6) is 0 Å². The minimum atomic E-state index is -2.93. The predicted octanol–water partition coefficient (Wildman–Crippen LogP) is -0.279. The Hall–Kier alpha value is -0.780. The fourth-order valence-electron chi connectivity index (χ4n) is 0.522. The van der Waals surface area contributed by atoms with E-state index in [2.05, 4.69) is 10.5 Å². The summed E-state index contributed by atoms with van der Waals surface area (Å²) in [5.74, 6) is 0.0646. The number of rotatable bonds is 5. The van der Waals surface area contributed by atoms with Crippen LogP contribution >= 0.6 is 0 Å². The number of primary amides is 1. The largest absolute Gasteiger partial charge is 0.449 e. The molecule has 0 aromatic carbocycles. The smallest absolute Gasteiger partial charge is 0.404 e. The minimum absolute atomic E-state index is 0.0604. The summed E-state index contributed by atoms with van der Waals surface area (Å²) in [7, 11) is -2.93. The maximum atomic E-state index is 10.6. The van der Waals surface area contributed by atoms with Gasteiger partial charge in [0.25, 0.3) is 0 Å². The number of sulfone groups is 1. The first-order valence-electron chi connectivity index (χ1n) is 3.33. The van der Waals surface area contributed by atoms with E-state index >= 15 is 0 Å². The number of carbonyl (C=O) groups excluding carboxylic acids is 1. The lowest BCUT2D eigenvalue weighted by molar-refractivity contribution is 0.165. The predicted molar refractivity (Wildman–Crippen MR) is 44.2 cm³/mol. The lowest BCUT2D eigenvalue weighted by atomic mass is 10.4. The van der Waals surface area contributed by atoms with Gasteiger partial charge in [0.1, 0.15) is 9.84 Å². The number of ether oxygens (including phenoxy) is 1. The Morgan fingerprint density at radius 1 is 1.58 bits per heavy atom. The van der Waals surface area contributed by atoms with E-state index in [1.54, 1.807) is 6.42 Å². The topological polar surface area (TPSA) is 86.5 Å². The fraction of sp³-hybridized carbons (Fsp3) is 0.667. The lowest BCUT2D eigenvalue weighted by Gasteiger charge is -1.99. The summed E-state index contributed by atoms with van der Waals surface area (Å²) >= 11 is 0. The fourth-order valence-corrected chi connectivity index (χ4v) is 1.12. The minimum Gasteiger partial charge on any atom is -0.449 e. The monoisotopic (exact) mass is 194 g/mol. The zero-order valence-corrected chi connectivity index (χ0v) is 7.63. The molecule has 0 aromatic rings. The highest BCUT2D eigenvalue weighted by molar-refractivity contribution is 7.90. The average molecular weight is 194 g/mol. The molecule has 0 saturated heterocycles. The van der Waals surface area contributed by atoms with Gasteiger partial charge in [0.15, 0.2) is 0 Å². The van der Waals surface area contributed by atoms with E-state index in [0.29, 0.717) is 6.42 Å². The van der Waals surface area contributed by atoms with Gasteiger partial charge in [-0.1, -0.05) is 0 Å². The van der Waals surface area contributed by atoms with Crippen LogP contribution in [0.3, 0.4) is 0 Å². The van der Waals surface area contributed by atoms with Crippen molar-refractivity contribution in [3.05, 3.63) is 6.42 Å². The molecule has 0 aliphatic carbocycles. The van der Waals surface area contributed by atoms with Gasteiger partial charge in [0, 0.05) is 12.7 Å². The van der Waals surface area contributed by atoms with Crippen LogP contribution < -0.4 is 5.73 Å². The van der Waals surface area contributed by atoms with Crippen LogP contribution in [0.2, 0.25) is 0 Å². The lowest BCUT2D eigenvalue weighted by Crippen LogP contribution is -2.14. The van der Waals surface area contributed by atoms with Gasteiger partial charge in [-0.25, -0.2) is 13.2 Å². The molecule has 5 nitrogen and oxygen atoms in total. The SMILES string of the molecule is CS(=O)(=O)CC[CH]COC(N)=O. The van der Waals surface area contributed by atoms with Crippen molar-refractivity contribution in [2.45, 2.75) is 6.42 Å². The third kappa shape index (κ3) is 9.22. The van der Waals surface area contributed by atoms with Crippen molar-refractivity contribution in [3.63, 3.8) is 0 Å². The first-order valence-corrected chi connectivity index (χ1v) is 5.39. The summed E-state index contributed by atoms with van der Waals surface area (Å²) in [6, 6.07) is 0. The van der Waals surface area contributed by atoms with Gasteiger partial charge in [-0.15, -0.1) is 0 Å². The summed E-state index contributed by atoms with van der Waals surface area (Å²) in [5, 5.41) is 0. The molecule has 0 aliphatic heterocycles. The van der Waals surface area contributed by atoms with Crippen molar-refractivity contribution >= 4 is 15.9 Å². The molecule has 0 rings (SSSR count). The van der Waals surface area contributed by atoms with Crippen molar-refractivity contribution in [1.29, 1.82) is 0 Å². The first-order chi connectivity index (χ1) is 5.42. The number of hydrogen-bond acceptors (Lipinski definition) is 4. The summed E-state index contributed by atoms with van der Waals surface area (Å²) in [6.07, 6.45) is 2.21. The van der Waals surface area contributed by atoms with Crippen molar-refractivity contribution in [1.82, 2.24) is 0 Å². The van der Waals surface area contributed by atoms with Crippen molar-refractivity contribution < 1.29 is 17.9 Å². The summed E-state index contributed by atoms with van der Waals surface area (Å²) in [4.78, 5) is 10.0. The van der Waals surface area contributed by atoms with Gasteiger partial charge in [-0.05, 0) is 6.42 Å². The van der Waals surface area contributed by atoms with Gasteiger partial charge in [-0.2, -0.15) is 0 Å². The van der Waals surface area contributed by atoms with Gasteiger partial charge in [0.05, 0.1) is 12.4 Å². The Labute approximate surface area is 71.8 Å². The molecule has 1 amide bonds. The summed E-state index contributed by atoms with van der Waals surface area (Å²) in [6.45, 7) is 0.0604. The second-order valence-corrected chi connectivity index (χ2v) is 4.60. The zero-order valence-electron chi connectivity index (χ0n) is 6.82. The van der Waals surface area contributed by atoms with Crippen LogP contribution in [0.15, 0.2) is 0 Å².